The summed E-state index contributed by atoms with van der Waals surface area (Å²) in [5.74, 6) is -0.648. The summed E-state index contributed by atoms with van der Waals surface area (Å²) < 4.78 is 12.8. The third kappa shape index (κ3) is 4.27. The van der Waals surface area contributed by atoms with E-state index in [1.165, 1.54) is 36.0 Å². The molecule has 6 heteroatoms. The molecule has 2 aromatic rings. The van der Waals surface area contributed by atoms with Crippen molar-refractivity contribution in [3.63, 3.8) is 0 Å². The van der Waals surface area contributed by atoms with Crippen molar-refractivity contribution in [1.82, 2.24) is 10.3 Å². The quantitative estimate of drug-likeness (QED) is 0.833. The summed E-state index contributed by atoms with van der Waals surface area (Å²) in [7, 11) is 0. The summed E-state index contributed by atoms with van der Waals surface area (Å²) in [5, 5.41) is 13.3. The van der Waals surface area contributed by atoms with Crippen LogP contribution >= 0.6 is 11.8 Å². The Kier molecular flexibility index (Phi) is 5.30. The standard InChI is InChI=1S/C15H15FN2O2S/c1-21-14-8-11(6-7-17-14)15(20)18-9-13(19)10-2-4-12(16)5-3-10/h2-8,13,19H,9H2,1H3,(H,18,20). The molecule has 0 saturated heterocycles. The molecule has 2 rings (SSSR count). The van der Waals surface area contributed by atoms with E-state index in [0.717, 1.165) is 5.03 Å². The van der Waals surface area contributed by atoms with Gasteiger partial charge in [-0.25, -0.2) is 9.37 Å². The second-order valence-electron chi connectivity index (χ2n) is 4.36. The highest BCUT2D eigenvalue weighted by Crippen LogP contribution is 2.14. The van der Waals surface area contributed by atoms with Gasteiger partial charge in [-0.15, -0.1) is 11.8 Å². The first-order valence-corrected chi connectivity index (χ1v) is 7.54. The zero-order chi connectivity index (χ0) is 15.2. The minimum Gasteiger partial charge on any atom is -0.387 e. The van der Waals surface area contributed by atoms with Gasteiger partial charge in [-0.2, -0.15) is 0 Å². The van der Waals surface area contributed by atoms with Crippen LogP contribution < -0.4 is 5.32 Å². The summed E-state index contributed by atoms with van der Waals surface area (Å²) in [6.07, 6.45) is 2.57. The fourth-order valence-corrected chi connectivity index (χ4v) is 2.17. The molecule has 0 aliphatic carbocycles. The maximum Gasteiger partial charge on any atom is 0.251 e. The minimum atomic E-state index is -0.878. The number of halogens is 1. The fraction of sp³-hybridized carbons (Fsp3) is 0.200. The van der Waals surface area contributed by atoms with Crippen LogP contribution in [0.15, 0.2) is 47.6 Å². The van der Waals surface area contributed by atoms with Crippen LogP contribution in [0.4, 0.5) is 4.39 Å². The molecule has 0 saturated carbocycles. The van der Waals surface area contributed by atoms with Gasteiger partial charge >= 0.3 is 0 Å². The molecular weight excluding hydrogens is 291 g/mol. The van der Waals surface area contributed by atoms with E-state index in [2.05, 4.69) is 10.3 Å². The van der Waals surface area contributed by atoms with Crippen molar-refractivity contribution in [2.75, 3.05) is 12.8 Å². The number of pyridine rings is 1. The first-order valence-electron chi connectivity index (χ1n) is 6.32. The highest BCUT2D eigenvalue weighted by Gasteiger charge is 2.11. The molecule has 0 fully saturated rings. The van der Waals surface area contributed by atoms with Crippen LogP contribution in [0.3, 0.4) is 0 Å². The van der Waals surface area contributed by atoms with Gasteiger partial charge in [-0.05, 0) is 36.1 Å². The third-order valence-electron chi connectivity index (χ3n) is 2.92. The molecule has 0 spiro atoms. The van der Waals surface area contributed by atoms with Gasteiger partial charge in [0.05, 0.1) is 11.1 Å². The Bertz CT molecular complexity index is 619. The van der Waals surface area contributed by atoms with Gasteiger partial charge in [0.2, 0.25) is 0 Å². The smallest absolute Gasteiger partial charge is 0.251 e. The average Bonchev–Trinajstić information content (AvgIpc) is 2.53. The number of hydrogen-bond donors (Lipinski definition) is 2. The zero-order valence-electron chi connectivity index (χ0n) is 11.4. The van der Waals surface area contributed by atoms with Crippen molar-refractivity contribution in [3.05, 3.63) is 59.5 Å². The molecule has 1 unspecified atom stereocenters. The Balaban J connectivity index is 1.95. The van der Waals surface area contributed by atoms with Gasteiger partial charge < -0.3 is 10.4 Å². The predicted molar refractivity (Wildman–Crippen MR) is 79.7 cm³/mol. The van der Waals surface area contributed by atoms with Crippen LogP contribution in [0.1, 0.15) is 22.0 Å². The molecule has 0 aliphatic rings. The largest absolute Gasteiger partial charge is 0.387 e. The molecule has 1 aromatic heterocycles. The number of amides is 1. The number of rotatable bonds is 5. The van der Waals surface area contributed by atoms with Crippen molar-refractivity contribution in [2.24, 2.45) is 0 Å². The maximum absolute atomic E-state index is 12.8. The van der Waals surface area contributed by atoms with Gasteiger partial charge in [0.15, 0.2) is 0 Å². The lowest BCUT2D eigenvalue weighted by molar-refractivity contribution is 0.0916. The van der Waals surface area contributed by atoms with Crippen molar-refractivity contribution >= 4 is 17.7 Å². The monoisotopic (exact) mass is 306 g/mol. The Labute approximate surface area is 126 Å². The molecule has 1 heterocycles. The van der Waals surface area contributed by atoms with E-state index in [9.17, 15) is 14.3 Å². The van der Waals surface area contributed by atoms with Gasteiger partial charge in [-0.3, -0.25) is 4.79 Å². The SMILES string of the molecule is CSc1cc(C(=O)NCC(O)c2ccc(F)cc2)ccn1. The van der Waals surface area contributed by atoms with E-state index in [1.807, 2.05) is 6.26 Å². The molecule has 1 amide bonds. The summed E-state index contributed by atoms with van der Waals surface area (Å²) in [4.78, 5) is 16.1. The van der Waals surface area contributed by atoms with E-state index in [0.29, 0.717) is 11.1 Å². The molecule has 1 atom stereocenters. The summed E-state index contributed by atoms with van der Waals surface area (Å²) in [5.41, 5.74) is 1.04. The van der Waals surface area contributed by atoms with E-state index in [1.54, 1.807) is 18.3 Å². The Morgan fingerprint density at radius 3 is 2.76 bits per heavy atom. The number of nitrogens with zero attached hydrogens (tertiary/aromatic N) is 1. The lowest BCUT2D eigenvalue weighted by atomic mass is 10.1. The summed E-state index contributed by atoms with van der Waals surface area (Å²) in [6.45, 7) is 0.0569. The van der Waals surface area contributed by atoms with Gasteiger partial charge in [0.1, 0.15) is 5.82 Å². The van der Waals surface area contributed by atoms with E-state index in [-0.39, 0.29) is 18.3 Å². The normalized spacial score (nSPS) is 12.0. The number of aliphatic hydroxyl groups is 1. The topological polar surface area (TPSA) is 62.2 Å². The lowest BCUT2D eigenvalue weighted by Gasteiger charge is -2.12. The maximum atomic E-state index is 12.8. The molecule has 0 bridgehead atoms. The first kappa shape index (κ1) is 15.5. The first-order chi connectivity index (χ1) is 10.1. The van der Waals surface area contributed by atoms with Gasteiger partial charge in [-0.1, -0.05) is 12.1 Å². The second-order valence-corrected chi connectivity index (χ2v) is 5.19. The number of carbonyl (C=O) groups is 1. The van der Waals surface area contributed by atoms with E-state index < -0.39 is 6.10 Å². The van der Waals surface area contributed by atoms with Crippen LogP contribution in [0.2, 0.25) is 0 Å². The molecule has 21 heavy (non-hydrogen) atoms. The molecule has 110 valence electrons. The molecule has 0 aliphatic heterocycles. The van der Waals surface area contributed by atoms with Gasteiger partial charge in [0, 0.05) is 18.3 Å². The molecule has 4 nitrogen and oxygen atoms in total. The molecular formula is C15H15FN2O2S. The third-order valence-corrected chi connectivity index (χ3v) is 3.56. The van der Waals surface area contributed by atoms with Crippen molar-refractivity contribution in [2.45, 2.75) is 11.1 Å². The number of carbonyl (C=O) groups excluding carboxylic acids is 1. The number of nitrogens with one attached hydrogen (secondary N) is 1. The van der Waals surface area contributed by atoms with Crippen LogP contribution in [0.25, 0.3) is 0 Å². The van der Waals surface area contributed by atoms with Crippen LogP contribution in [0.5, 0.6) is 0 Å². The molecule has 0 radical (unpaired) electrons. The number of aliphatic hydroxyl groups excluding tert-OH is 1. The molecule has 1 aromatic carbocycles. The van der Waals surface area contributed by atoms with Gasteiger partial charge in [0.25, 0.3) is 5.91 Å². The van der Waals surface area contributed by atoms with Crippen LogP contribution in [-0.4, -0.2) is 28.8 Å². The van der Waals surface area contributed by atoms with Crippen molar-refractivity contribution in [3.8, 4) is 0 Å². The Morgan fingerprint density at radius 2 is 2.10 bits per heavy atom. The van der Waals surface area contributed by atoms with Crippen LogP contribution in [-0.2, 0) is 0 Å². The Morgan fingerprint density at radius 1 is 1.38 bits per heavy atom. The number of benzene rings is 1. The number of aromatic nitrogens is 1. The van der Waals surface area contributed by atoms with E-state index in [4.69, 9.17) is 0 Å². The van der Waals surface area contributed by atoms with Crippen LogP contribution in [0, 0.1) is 5.82 Å². The molecule has 2 N–H and O–H groups in total. The van der Waals surface area contributed by atoms with Crippen molar-refractivity contribution < 1.29 is 14.3 Å². The Hall–Kier alpha value is -1.92. The van der Waals surface area contributed by atoms with E-state index >= 15 is 0 Å². The van der Waals surface area contributed by atoms with Crippen molar-refractivity contribution in [1.29, 1.82) is 0 Å². The number of thioether (sulfide) groups is 1. The average molecular weight is 306 g/mol. The second kappa shape index (κ2) is 7.19. The fourth-order valence-electron chi connectivity index (χ4n) is 1.76. The zero-order valence-corrected chi connectivity index (χ0v) is 12.2. The summed E-state index contributed by atoms with van der Waals surface area (Å²) >= 11 is 1.45. The lowest BCUT2D eigenvalue weighted by Crippen LogP contribution is -2.28. The highest BCUT2D eigenvalue weighted by molar-refractivity contribution is 7.98. The highest BCUT2D eigenvalue weighted by atomic mass is 32.2. The predicted octanol–water partition coefficient (Wildman–Crippen LogP) is 2.41. The number of hydrogen-bond acceptors (Lipinski definition) is 4. The summed E-state index contributed by atoms with van der Waals surface area (Å²) in [6, 6.07) is 8.82. The minimum absolute atomic E-state index is 0.0569.